The molecule has 0 aliphatic carbocycles. The first-order chi connectivity index (χ1) is 14.6. The van der Waals surface area contributed by atoms with E-state index in [4.69, 9.17) is 28.1 Å². The molecule has 160 valence electrons. The Kier molecular flexibility index (Phi) is 5.15. The fourth-order valence-corrected chi connectivity index (χ4v) is 3.97. The molecule has 3 aromatic rings. The van der Waals surface area contributed by atoms with E-state index in [2.05, 4.69) is 10.3 Å². The zero-order valence-electron chi connectivity index (χ0n) is 16.5. The molecule has 5 N–H and O–H groups in total. The highest BCUT2D eigenvalue weighted by Crippen LogP contribution is 2.39. The second kappa shape index (κ2) is 7.55. The van der Waals surface area contributed by atoms with E-state index in [0.29, 0.717) is 21.8 Å². The Morgan fingerprint density at radius 1 is 1.13 bits per heavy atom. The largest absolute Gasteiger partial charge is 0.417 e. The van der Waals surface area contributed by atoms with E-state index in [1.165, 1.54) is 0 Å². The van der Waals surface area contributed by atoms with Gasteiger partial charge in [-0.05, 0) is 30.2 Å². The van der Waals surface area contributed by atoms with Gasteiger partial charge in [-0.1, -0.05) is 48.0 Å². The summed E-state index contributed by atoms with van der Waals surface area (Å²) in [5.74, 6) is -0.195. The second-order valence-electron chi connectivity index (χ2n) is 7.42. The third kappa shape index (κ3) is 3.96. The van der Waals surface area contributed by atoms with Gasteiger partial charge in [-0.3, -0.25) is 0 Å². The lowest BCUT2D eigenvalue weighted by atomic mass is 9.89. The van der Waals surface area contributed by atoms with Crippen LogP contribution in [0.5, 0.6) is 0 Å². The number of nitrogens with one attached hydrogen (secondary N) is 1. The number of benzene rings is 2. The van der Waals surface area contributed by atoms with Gasteiger partial charge in [0.05, 0.1) is 16.8 Å². The predicted molar refractivity (Wildman–Crippen MR) is 116 cm³/mol. The number of alkyl halides is 3. The quantitative estimate of drug-likeness (QED) is 0.556. The maximum absolute atomic E-state index is 13.7. The van der Waals surface area contributed by atoms with Crippen LogP contribution in [0.15, 0.2) is 65.3 Å². The summed E-state index contributed by atoms with van der Waals surface area (Å²) >= 11 is 6.40. The van der Waals surface area contributed by atoms with Crippen LogP contribution in [0.4, 0.5) is 13.2 Å². The number of aromatic nitrogens is 1. The van der Waals surface area contributed by atoms with Gasteiger partial charge in [0.1, 0.15) is 5.66 Å². The molecule has 2 aromatic carbocycles. The van der Waals surface area contributed by atoms with Crippen LogP contribution in [-0.4, -0.2) is 22.8 Å². The van der Waals surface area contributed by atoms with Crippen molar-refractivity contribution in [3.8, 4) is 11.3 Å². The van der Waals surface area contributed by atoms with E-state index >= 15 is 0 Å². The highest BCUT2D eigenvalue weighted by atomic mass is 35.5. The van der Waals surface area contributed by atoms with Crippen LogP contribution in [-0.2, 0) is 6.42 Å². The zero-order chi connectivity index (χ0) is 22.4. The Labute approximate surface area is 181 Å². The van der Waals surface area contributed by atoms with E-state index in [1.807, 2.05) is 25.1 Å². The summed E-state index contributed by atoms with van der Waals surface area (Å²) in [5, 5.41) is 3.50. The lowest BCUT2D eigenvalue weighted by Gasteiger charge is -2.33. The third-order valence-electron chi connectivity index (χ3n) is 5.17. The number of hydrogen-bond acceptors (Lipinski definition) is 5. The van der Waals surface area contributed by atoms with E-state index in [0.717, 1.165) is 22.7 Å². The van der Waals surface area contributed by atoms with Crippen LogP contribution in [0, 0.1) is 6.92 Å². The maximum atomic E-state index is 13.7. The van der Waals surface area contributed by atoms with Gasteiger partial charge in [-0.2, -0.15) is 13.2 Å². The molecule has 0 fully saturated rings. The van der Waals surface area contributed by atoms with Gasteiger partial charge < -0.3 is 16.8 Å². The molecule has 0 amide bonds. The molecule has 4 rings (SSSR count). The summed E-state index contributed by atoms with van der Waals surface area (Å²) in [4.78, 5) is 8.70. The second-order valence-corrected chi connectivity index (χ2v) is 7.83. The summed E-state index contributed by atoms with van der Waals surface area (Å²) < 4.78 is 41.2. The van der Waals surface area contributed by atoms with Gasteiger partial charge in [0.15, 0.2) is 5.96 Å². The highest BCUT2D eigenvalue weighted by Gasteiger charge is 2.48. The summed E-state index contributed by atoms with van der Waals surface area (Å²) in [6.07, 6.45) is -4.22. The van der Waals surface area contributed by atoms with Gasteiger partial charge in [-0.15, -0.1) is 0 Å². The Balaban J connectivity index is 1.94. The average Bonchev–Trinajstić information content (AvgIpc) is 2.67. The zero-order valence-corrected chi connectivity index (χ0v) is 17.2. The molecule has 1 unspecified atom stereocenters. The monoisotopic (exact) mass is 445 g/mol. The minimum atomic E-state index is -4.70. The topological polar surface area (TPSA) is 89.3 Å². The molecule has 0 saturated carbocycles. The number of fused-ring (bicyclic) bond motifs is 1. The molecular formula is C22H19ClF3N5. The number of hydrogen-bond donors (Lipinski definition) is 3. The van der Waals surface area contributed by atoms with E-state index in [-0.39, 0.29) is 12.4 Å². The van der Waals surface area contributed by atoms with Crippen LogP contribution in [0.25, 0.3) is 22.2 Å². The Bertz CT molecular complexity index is 1240. The van der Waals surface area contributed by atoms with E-state index < -0.39 is 17.4 Å². The van der Waals surface area contributed by atoms with Crippen molar-refractivity contribution in [2.45, 2.75) is 25.2 Å². The van der Waals surface area contributed by atoms with E-state index in [1.54, 1.807) is 30.3 Å². The highest BCUT2D eigenvalue weighted by molar-refractivity contribution is 6.33. The summed E-state index contributed by atoms with van der Waals surface area (Å²) in [7, 11) is 0. The lowest BCUT2D eigenvalue weighted by Crippen LogP contribution is -2.53. The Morgan fingerprint density at radius 2 is 1.87 bits per heavy atom. The van der Waals surface area contributed by atoms with Gasteiger partial charge in [0.2, 0.25) is 0 Å². The molecular weight excluding hydrogens is 427 g/mol. The lowest BCUT2D eigenvalue weighted by molar-refractivity contribution is -0.101. The molecule has 1 aliphatic rings. The van der Waals surface area contributed by atoms with Crippen molar-refractivity contribution in [3.63, 3.8) is 0 Å². The number of rotatable bonds is 3. The molecule has 1 atom stereocenters. The van der Waals surface area contributed by atoms with Crippen molar-refractivity contribution in [1.29, 1.82) is 0 Å². The molecule has 1 aliphatic heterocycles. The number of nitrogens with zero attached hydrogens (tertiary/aromatic N) is 2. The number of aliphatic imine (C=N–C) groups is 1. The van der Waals surface area contributed by atoms with Gasteiger partial charge in [-0.25, -0.2) is 9.98 Å². The summed E-state index contributed by atoms with van der Waals surface area (Å²) in [6.45, 7) is 1.91. The average molecular weight is 446 g/mol. The van der Waals surface area contributed by atoms with Crippen molar-refractivity contribution < 1.29 is 13.2 Å². The maximum Gasteiger partial charge on any atom is 0.417 e. The molecule has 0 spiro atoms. The standard InChI is InChI=1S/C22H19ClF3N5/c1-12-5-4-6-13-9-14(19(30-18(12)13)15-7-2-3-8-16(15)23)10-21(28)17(22(24,25)26)11-29-20(27)31-21/h2-9,11H,10,28H2,1H3,(H3,27,29,31). The minimum absolute atomic E-state index is 0.195. The summed E-state index contributed by atoms with van der Waals surface area (Å²) in [5.41, 5.74) is 11.9. The molecule has 9 heteroatoms. The molecule has 0 saturated heterocycles. The van der Waals surface area contributed by atoms with Crippen LogP contribution >= 0.6 is 11.6 Å². The first kappa shape index (κ1) is 21.1. The Morgan fingerprint density at radius 3 is 2.58 bits per heavy atom. The summed E-state index contributed by atoms with van der Waals surface area (Å²) in [6, 6.07) is 14.4. The fraction of sp³-hybridized carbons (Fsp3) is 0.182. The number of guanidine groups is 1. The van der Waals surface area contributed by atoms with Crippen LogP contribution < -0.4 is 16.8 Å². The number of aryl methyl sites for hydroxylation is 1. The molecule has 5 nitrogen and oxygen atoms in total. The van der Waals surface area contributed by atoms with Crippen LogP contribution in [0.3, 0.4) is 0 Å². The van der Waals surface area contributed by atoms with Crippen molar-refractivity contribution in [3.05, 3.63) is 76.5 Å². The molecule has 2 heterocycles. The van der Waals surface area contributed by atoms with Crippen molar-refractivity contribution in [1.82, 2.24) is 10.3 Å². The van der Waals surface area contributed by atoms with E-state index in [9.17, 15) is 13.2 Å². The molecule has 0 bridgehead atoms. The smallest absolute Gasteiger partial charge is 0.370 e. The van der Waals surface area contributed by atoms with Gasteiger partial charge >= 0.3 is 6.18 Å². The fourth-order valence-electron chi connectivity index (χ4n) is 3.74. The minimum Gasteiger partial charge on any atom is -0.370 e. The van der Waals surface area contributed by atoms with Crippen LogP contribution in [0.2, 0.25) is 5.02 Å². The van der Waals surface area contributed by atoms with Crippen molar-refractivity contribution in [2.75, 3.05) is 0 Å². The molecule has 31 heavy (non-hydrogen) atoms. The van der Waals surface area contributed by atoms with Gasteiger partial charge in [0, 0.05) is 28.6 Å². The third-order valence-corrected chi connectivity index (χ3v) is 5.50. The van der Waals surface area contributed by atoms with Crippen molar-refractivity contribution >= 4 is 28.5 Å². The van der Waals surface area contributed by atoms with Crippen molar-refractivity contribution in [2.24, 2.45) is 16.5 Å². The molecule has 0 radical (unpaired) electrons. The first-order valence-corrected chi connectivity index (χ1v) is 9.79. The number of nitrogens with two attached hydrogens (primary N) is 2. The normalized spacial score (nSPS) is 19.0. The Hall–Kier alpha value is -3.10. The first-order valence-electron chi connectivity index (χ1n) is 9.41. The van der Waals surface area contributed by atoms with Crippen LogP contribution in [0.1, 0.15) is 11.1 Å². The van der Waals surface area contributed by atoms with Gasteiger partial charge in [0.25, 0.3) is 0 Å². The number of halogens is 4. The number of pyridine rings is 1. The molecule has 1 aromatic heterocycles. The predicted octanol–water partition coefficient (Wildman–Crippen LogP) is 4.43. The number of para-hydroxylation sites is 1. The SMILES string of the molecule is Cc1cccc2cc(CC3(N)N=C(N)NC=C3C(F)(F)F)c(-c3ccccc3Cl)nc12.